The summed E-state index contributed by atoms with van der Waals surface area (Å²) in [7, 11) is 0. The second kappa shape index (κ2) is 9.21. The molecule has 3 aromatic rings. The van der Waals surface area contributed by atoms with Gasteiger partial charge in [0.2, 0.25) is 0 Å². The number of thiophene rings is 1. The van der Waals surface area contributed by atoms with E-state index < -0.39 is 11.4 Å². The van der Waals surface area contributed by atoms with Gasteiger partial charge in [-0.15, -0.1) is 11.3 Å². The topological polar surface area (TPSA) is 77.6 Å². The van der Waals surface area contributed by atoms with Crippen LogP contribution in [-0.2, 0) is 17.9 Å². The Bertz CT molecular complexity index is 1190. The SMILES string of the molecule is CC1=C(C(N)=O)SC(n2ccc(OCc3ccc(Cl)s3)cc2=O)N1Cc1ccccc1. The third-order valence-electron chi connectivity index (χ3n) is 4.84. The highest BCUT2D eigenvalue weighted by molar-refractivity contribution is 8.04. The number of hydrogen-bond donors (Lipinski definition) is 1. The maximum atomic E-state index is 12.9. The minimum absolute atomic E-state index is 0.226. The van der Waals surface area contributed by atoms with Crippen molar-refractivity contribution in [1.29, 1.82) is 0 Å². The molecular formula is C22H20ClN3O3S2. The van der Waals surface area contributed by atoms with Gasteiger partial charge in [0.25, 0.3) is 11.5 Å². The number of halogens is 1. The molecule has 2 aromatic heterocycles. The number of aromatic nitrogens is 1. The van der Waals surface area contributed by atoms with Crippen molar-refractivity contribution >= 4 is 40.6 Å². The van der Waals surface area contributed by atoms with Crippen LogP contribution in [0.3, 0.4) is 0 Å². The van der Waals surface area contributed by atoms with Crippen LogP contribution >= 0.6 is 34.7 Å². The Kier molecular flexibility index (Phi) is 6.41. The van der Waals surface area contributed by atoms with Crippen LogP contribution in [0.1, 0.15) is 22.9 Å². The zero-order chi connectivity index (χ0) is 22.0. The molecule has 0 bridgehead atoms. The number of amides is 1. The molecule has 2 N–H and O–H groups in total. The van der Waals surface area contributed by atoms with Crippen molar-refractivity contribution in [2.75, 3.05) is 0 Å². The van der Waals surface area contributed by atoms with Crippen LogP contribution in [-0.4, -0.2) is 15.4 Å². The molecule has 1 unspecified atom stereocenters. The van der Waals surface area contributed by atoms with Crippen LogP contribution in [0.25, 0.3) is 0 Å². The molecule has 1 aliphatic rings. The molecule has 4 rings (SSSR count). The Balaban J connectivity index is 1.57. The fraction of sp³-hybridized carbons (Fsp3) is 0.182. The average Bonchev–Trinajstić information content (AvgIpc) is 3.31. The first kappa shape index (κ1) is 21.5. The summed E-state index contributed by atoms with van der Waals surface area (Å²) in [6.45, 7) is 2.74. The van der Waals surface area contributed by atoms with Crippen molar-refractivity contribution in [3.8, 4) is 5.75 Å². The van der Waals surface area contributed by atoms with Crippen molar-refractivity contribution in [2.24, 2.45) is 5.73 Å². The Hall–Kier alpha value is -2.68. The summed E-state index contributed by atoms with van der Waals surface area (Å²) in [5.41, 5.74) is 6.77. The van der Waals surface area contributed by atoms with E-state index in [1.54, 1.807) is 16.8 Å². The summed E-state index contributed by atoms with van der Waals surface area (Å²) in [4.78, 5) is 28.3. The summed E-state index contributed by atoms with van der Waals surface area (Å²) in [5.74, 6) is -0.0196. The maximum absolute atomic E-state index is 12.9. The third kappa shape index (κ3) is 4.81. The number of thioether (sulfide) groups is 1. The summed E-state index contributed by atoms with van der Waals surface area (Å²) in [6, 6.07) is 16.8. The molecule has 1 aromatic carbocycles. The highest BCUT2D eigenvalue weighted by Crippen LogP contribution is 2.44. The molecule has 9 heteroatoms. The van der Waals surface area contributed by atoms with Gasteiger partial charge in [-0.3, -0.25) is 14.2 Å². The zero-order valence-corrected chi connectivity index (χ0v) is 19.0. The van der Waals surface area contributed by atoms with E-state index in [2.05, 4.69) is 0 Å². The first-order valence-electron chi connectivity index (χ1n) is 9.49. The summed E-state index contributed by atoms with van der Waals surface area (Å²) < 4.78 is 8.02. The second-order valence-electron chi connectivity index (χ2n) is 6.94. The Morgan fingerprint density at radius 2 is 1.97 bits per heavy atom. The molecule has 160 valence electrons. The van der Waals surface area contributed by atoms with Gasteiger partial charge in [0.05, 0.1) is 9.24 Å². The summed E-state index contributed by atoms with van der Waals surface area (Å²) in [6.07, 6.45) is 1.69. The minimum atomic E-state index is -0.495. The van der Waals surface area contributed by atoms with Crippen LogP contribution in [0.4, 0.5) is 0 Å². The number of nitrogens with zero attached hydrogens (tertiary/aromatic N) is 2. The molecule has 1 atom stereocenters. The van der Waals surface area contributed by atoms with Crippen molar-refractivity contribution < 1.29 is 9.53 Å². The van der Waals surface area contributed by atoms with Gasteiger partial charge in [0, 0.05) is 29.4 Å². The van der Waals surface area contributed by atoms with E-state index in [-0.39, 0.29) is 5.56 Å². The Morgan fingerprint density at radius 1 is 1.19 bits per heavy atom. The molecule has 0 spiro atoms. The lowest BCUT2D eigenvalue weighted by Crippen LogP contribution is -2.32. The van der Waals surface area contributed by atoms with Crippen LogP contribution in [0.5, 0.6) is 5.75 Å². The lowest BCUT2D eigenvalue weighted by Gasteiger charge is -2.29. The largest absolute Gasteiger partial charge is 0.488 e. The second-order valence-corrected chi connectivity index (χ2v) is 9.80. The number of allylic oxidation sites excluding steroid dienone is 1. The number of primary amides is 1. The molecule has 0 radical (unpaired) electrons. The van der Waals surface area contributed by atoms with Crippen LogP contribution in [0, 0.1) is 0 Å². The van der Waals surface area contributed by atoms with E-state index in [0.717, 1.165) is 16.1 Å². The van der Waals surface area contributed by atoms with Gasteiger partial charge in [-0.25, -0.2) is 0 Å². The molecule has 31 heavy (non-hydrogen) atoms. The Morgan fingerprint density at radius 3 is 2.61 bits per heavy atom. The maximum Gasteiger partial charge on any atom is 0.257 e. The minimum Gasteiger partial charge on any atom is -0.488 e. The number of pyridine rings is 1. The number of benzene rings is 1. The van der Waals surface area contributed by atoms with E-state index in [1.807, 2.05) is 54.3 Å². The molecule has 0 fully saturated rings. The summed E-state index contributed by atoms with van der Waals surface area (Å²) in [5, 5.41) is 0. The lowest BCUT2D eigenvalue weighted by atomic mass is 10.2. The van der Waals surface area contributed by atoms with Crippen molar-refractivity contribution in [1.82, 2.24) is 9.47 Å². The van der Waals surface area contributed by atoms with Crippen LogP contribution < -0.4 is 16.0 Å². The monoisotopic (exact) mass is 473 g/mol. The molecule has 6 nitrogen and oxygen atoms in total. The van der Waals surface area contributed by atoms with Crippen LogP contribution in [0.15, 0.2) is 76.2 Å². The van der Waals surface area contributed by atoms with Crippen LogP contribution in [0.2, 0.25) is 4.34 Å². The quantitative estimate of drug-likeness (QED) is 0.544. The highest BCUT2D eigenvalue weighted by Gasteiger charge is 2.34. The molecule has 1 aliphatic heterocycles. The smallest absolute Gasteiger partial charge is 0.257 e. The number of rotatable bonds is 7. The number of carbonyl (C=O) groups is 1. The number of nitrogens with two attached hydrogens (primary N) is 1. The normalized spacial score (nSPS) is 16.1. The fourth-order valence-corrected chi connectivity index (χ4v) is 5.56. The summed E-state index contributed by atoms with van der Waals surface area (Å²) >= 11 is 8.66. The van der Waals surface area contributed by atoms with Crippen molar-refractivity contribution in [3.63, 3.8) is 0 Å². The van der Waals surface area contributed by atoms with E-state index in [0.29, 0.717) is 28.1 Å². The van der Waals surface area contributed by atoms with Gasteiger partial charge in [-0.2, -0.15) is 0 Å². The van der Waals surface area contributed by atoms with Crippen molar-refractivity contribution in [2.45, 2.75) is 25.6 Å². The number of carbonyl (C=O) groups excluding carboxylic acids is 1. The van der Waals surface area contributed by atoms with E-state index in [9.17, 15) is 9.59 Å². The van der Waals surface area contributed by atoms with Gasteiger partial charge in [0.1, 0.15) is 12.4 Å². The van der Waals surface area contributed by atoms with Crippen molar-refractivity contribution in [3.05, 3.63) is 96.5 Å². The zero-order valence-electron chi connectivity index (χ0n) is 16.7. The predicted octanol–water partition coefficient (Wildman–Crippen LogP) is 4.56. The van der Waals surface area contributed by atoms with E-state index in [1.165, 1.54) is 29.2 Å². The molecule has 3 heterocycles. The van der Waals surface area contributed by atoms with Gasteiger partial charge >= 0.3 is 0 Å². The van der Waals surface area contributed by atoms with Gasteiger partial charge < -0.3 is 15.4 Å². The first-order chi connectivity index (χ1) is 14.9. The molecule has 0 saturated carbocycles. The number of hydrogen-bond acceptors (Lipinski definition) is 6. The highest BCUT2D eigenvalue weighted by atomic mass is 35.5. The van der Waals surface area contributed by atoms with E-state index >= 15 is 0 Å². The lowest BCUT2D eigenvalue weighted by molar-refractivity contribution is -0.114. The third-order valence-corrected chi connectivity index (χ3v) is 7.47. The van der Waals surface area contributed by atoms with Gasteiger partial charge in [0.15, 0.2) is 5.50 Å². The Labute approximate surface area is 192 Å². The molecule has 1 amide bonds. The fourth-order valence-electron chi connectivity index (χ4n) is 3.30. The van der Waals surface area contributed by atoms with Gasteiger partial charge in [-0.05, 0) is 30.7 Å². The number of ether oxygens (including phenoxy) is 1. The predicted molar refractivity (Wildman–Crippen MR) is 125 cm³/mol. The average molecular weight is 474 g/mol. The molecular weight excluding hydrogens is 454 g/mol. The molecule has 0 saturated heterocycles. The first-order valence-corrected chi connectivity index (χ1v) is 11.6. The van der Waals surface area contributed by atoms with E-state index in [4.69, 9.17) is 22.1 Å². The molecule has 0 aliphatic carbocycles. The standard InChI is InChI=1S/C22H20ClN3O3S2/c1-14-20(21(24)28)31-22(26(14)12-15-5-3-2-4-6-15)25-10-9-16(11-19(25)27)29-13-17-7-8-18(23)30-17/h2-11,22H,12-13H2,1H3,(H2,24,28). The van der Waals surface area contributed by atoms with Gasteiger partial charge in [-0.1, -0.05) is 53.7 Å².